The van der Waals surface area contributed by atoms with Gasteiger partial charge in [-0.05, 0) is 30.3 Å². The van der Waals surface area contributed by atoms with Crippen LogP contribution >= 0.6 is 12.2 Å². The Morgan fingerprint density at radius 2 is 2.20 bits per heavy atom. The maximum Gasteiger partial charge on any atom is 0.217 e. The van der Waals surface area contributed by atoms with Crippen molar-refractivity contribution in [2.75, 3.05) is 5.84 Å². The van der Waals surface area contributed by atoms with Crippen LogP contribution in [0.1, 0.15) is 22.6 Å². The number of nitrogen functional groups attached to an aromatic ring is 1. The van der Waals surface area contributed by atoms with Gasteiger partial charge in [-0.15, -0.1) is 5.10 Å². The first-order valence-electron chi connectivity index (χ1n) is 6.17. The third-order valence-electron chi connectivity index (χ3n) is 3.25. The van der Waals surface area contributed by atoms with Crippen LogP contribution in [0.4, 0.5) is 0 Å². The number of fused-ring (bicyclic) bond motifs is 1. The van der Waals surface area contributed by atoms with Crippen molar-refractivity contribution in [1.29, 1.82) is 0 Å². The standard InChI is InChI=1S/C13H13N5OS/c14-18-12(16-17-13(18)20)11(19)6-5-8-7-15-10-4-2-1-3-9(8)10/h1-4,7,15H,5-6,14H2,(H,17,20). The topological polar surface area (TPSA) is 92.5 Å². The molecule has 0 atom stereocenters. The lowest BCUT2D eigenvalue weighted by Gasteiger charge is -2.00. The second-order valence-electron chi connectivity index (χ2n) is 4.51. The van der Waals surface area contributed by atoms with Crippen molar-refractivity contribution in [3.8, 4) is 0 Å². The van der Waals surface area contributed by atoms with E-state index in [0.717, 1.165) is 21.1 Å². The number of ketones is 1. The second-order valence-corrected chi connectivity index (χ2v) is 4.89. The van der Waals surface area contributed by atoms with Gasteiger partial charge in [-0.2, -0.15) is 0 Å². The molecule has 20 heavy (non-hydrogen) atoms. The average Bonchev–Trinajstić information content (AvgIpc) is 3.01. The zero-order chi connectivity index (χ0) is 14.1. The number of aryl methyl sites for hydroxylation is 1. The Morgan fingerprint density at radius 3 is 2.95 bits per heavy atom. The van der Waals surface area contributed by atoms with Crippen LogP contribution < -0.4 is 5.84 Å². The van der Waals surface area contributed by atoms with Crippen molar-refractivity contribution in [2.45, 2.75) is 12.8 Å². The number of nitrogens with zero attached hydrogens (tertiary/aromatic N) is 2. The molecule has 0 radical (unpaired) electrons. The number of nitrogens with two attached hydrogens (primary N) is 1. The first-order chi connectivity index (χ1) is 9.66. The summed E-state index contributed by atoms with van der Waals surface area (Å²) in [6.07, 6.45) is 2.89. The van der Waals surface area contributed by atoms with Gasteiger partial charge in [0.2, 0.25) is 16.4 Å². The minimum Gasteiger partial charge on any atom is -0.361 e. The van der Waals surface area contributed by atoms with E-state index in [9.17, 15) is 4.79 Å². The highest BCUT2D eigenvalue weighted by molar-refractivity contribution is 7.71. The third-order valence-corrected chi connectivity index (χ3v) is 3.54. The van der Waals surface area contributed by atoms with Crippen molar-refractivity contribution < 1.29 is 4.79 Å². The molecule has 7 heteroatoms. The molecule has 0 amide bonds. The number of hydrogen-bond acceptors (Lipinski definition) is 4. The van der Waals surface area contributed by atoms with E-state index < -0.39 is 0 Å². The number of Topliss-reactive ketones (excluding diaryl/α,β-unsaturated/α-hetero) is 1. The highest BCUT2D eigenvalue weighted by atomic mass is 32.1. The summed E-state index contributed by atoms with van der Waals surface area (Å²) in [6, 6.07) is 7.99. The van der Waals surface area contributed by atoms with Crippen LogP contribution in [0.5, 0.6) is 0 Å². The Labute approximate surface area is 119 Å². The molecule has 3 aromatic rings. The minimum absolute atomic E-state index is 0.134. The molecule has 0 fully saturated rings. The predicted octanol–water partition coefficient (Wildman–Crippen LogP) is 1.95. The van der Waals surface area contributed by atoms with Crippen molar-refractivity contribution in [2.24, 2.45) is 0 Å². The van der Waals surface area contributed by atoms with E-state index in [0.29, 0.717) is 12.8 Å². The van der Waals surface area contributed by atoms with Gasteiger partial charge in [-0.1, -0.05) is 18.2 Å². The molecule has 0 spiro atoms. The van der Waals surface area contributed by atoms with Gasteiger partial charge < -0.3 is 10.8 Å². The Hall–Kier alpha value is -2.41. The van der Waals surface area contributed by atoms with Crippen molar-refractivity contribution in [3.05, 3.63) is 46.6 Å². The van der Waals surface area contributed by atoms with E-state index in [1.165, 1.54) is 0 Å². The first-order valence-corrected chi connectivity index (χ1v) is 6.58. The van der Waals surface area contributed by atoms with E-state index in [-0.39, 0.29) is 16.4 Å². The van der Waals surface area contributed by atoms with Gasteiger partial charge in [-0.3, -0.25) is 4.79 Å². The SMILES string of the molecule is Nn1c(C(=O)CCc2c[nH]c3ccccc23)n[nH]c1=S. The van der Waals surface area contributed by atoms with Gasteiger partial charge in [0.25, 0.3) is 0 Å². The number of carbonyl (C=O) groups is 1. The molecule has 2 heterocycles. The fourth-order valence-electron chi connectivity index (χ4n) is 2.20. The fraction of sp³-hybridized carbons (Fsp3) is 0.154. The van der Waals surface area contributed by atoms with Gasteiger partial charge in [0.15, 0.2) is 0 Å². The number of aromatic amines is 2. The van der Waals surface area contributed by atoms with E-state index in [1.807, 2.05) is 30.5 Å². The van der Waals surface area contributed by atoms with E-state index in [4.69, 9.17) is 18.1 Å². The zero-order valence-electron chi connectivity index (χ0n) is 10.6. The number of hydrogen-bond donors (Lipinski definition) is 3. The summed E-state index contributed by atoms with van der Waals surface area (Å²) >= 11 is 4.88. The van der Waals surface area contributed by atoms with E-state index >= 15 is 0 Å². The third kappa shape index (κ3) is 2.12. The molecular formula is C13H13N5OS. The highest BCUT2D eigenvalue weighted by Crippen LogP contribution is 2.19. The van der Waals surface area contributed by atoms with Crippen LogP contribution in [-0.4, -0.2) is 25.6 Å². The van der Waals surface area contributed by atoms with Crippen LogP contribution in [0.2, 0.25) is 0 Å². The average molecular weight is 287 g/mol. The van der Waals surface area contributed by atoms with Crippen molar-refractivity contribution in [3.63, 3.8) is 0 Å². The fourth-order valence-corrected chi connectivity index (χ4v) is 2.33. The molecule has 4 N–H and O–H groups in total. The molecule has 0 saturated carbocycles. The van der Waals surface area contributed by atoms with E-state index in [1.54, 1.807) is 0 Å². The van der Waals surface area contributed by atoms with Crippen LogP contribution in [0.3, 0.4) is 0 Å². The van der Waals surface area contributed by atoms with Gasteiger partial charge in [0.05, 0.1) is 0 Å². The minimum atomic E-state index is -0.134. The lowest BCUT2D eigenvalue weighted by Crippen LogP contribution is -2.17. The summed E-state index contributed by atoms with van der Waals surface area (Å²) in [5.41, 5.74) is 2.17. The summed E-state index contributed by atoms with van der Waals surface area (Å²) < 4.78 is 1.34. The van der Waals surface area contributed by atoms with Crippen molar-refractivity contribution in [1.82, 2.24) is 19.9 Å². The quantitative estimate of drug-likeness (QED) is 0.388. The monoisotopic (exact) mass is 287 g/mol. The maximum atomic E-state index is 12.1. The summed E-state index contributed by atoms with van der Waals surface area (Å²) in [5.74, 6) is 5.66. The Bertz CT molecular complexity index is 829. The molecule has 0 bridgehead atoms. The molecule has 0 aliphatic heterocycles. The van der Waals surface area contributed by atoms with Crippen LogP contribution in [0.25, 0.3) is 10.9 Å². The lowest BCUT2D eigenvalue weighted by atomic mass is 10.1. The first kappa shape index (κ1) is 12.6. The summed E-state index contributed by atoms with van der Waals surface area (Å²) in [6.45, 7) is 0. The van der Waals surface area contributed by atoms with Crippen molar-refractivity contribution >= 4 is 28.9 Å². The molecule has 6 nitrogen and oxygen atoms in total. The maximum absolute atomic E-state index is 12.1. The molecule has 0 aliphatic rings. The molecule has 2 aromatic heterocycles. The van der Waals surface area contributed by atoms with Gasteiger partial charge in [0.1, 0.15) is 0 Å². The van der Waals surface area contributed by atoms with Gasteiger partial charge in [0, 0.05) is 23.5 Å². The molecule has 0 unspecified atom stereocenters. The molecule has 3 rings (SSSR count). The van der Waals surface area contributed by atoms with Crippen LogP contribution in [0, 0.1) is 4.77 Å². The lowest BCUT2D eigenvalue weighted by molar-refractivity contribution is 0.0970. The smallest absolute Gasteiger partial charge is 0.217 e. The molecule has 0 saturated heterocycles. The number of H-pyrrole nitrogens is 2. The second kappa shape index (κ2) is 4.93. The van der Waals surface area contributed by atoms with Crippen LogP contribution in [-0.2, 0) is 6.42 Å². The number of carbonyl (C=O) groups excluding carboxylic acids is 1. The number of rotatable bonds is 4. The Kier molecular flexibility index (Phi) is 3.11. The van der Waals surface area contributed by atoms with Gasteiger partial charge in [-0.25, -0.2) is 9.77 Å². The highest BCUT2D eigenvalue weighted by Gasteiger charge is 2.14. The number of nitrogens with one attached hydrogen (secondary N) is 2. The summed E-state index contributed by atoms with van der Waals surface area (Å²) in [7, 11) is 0. The van der Waals surface area contributed by atoms with Crippen LogP contribution in [0.15, 0.2) is 30.5 Å². The zero-order valence-corrected chi connectivity index (χ0v) is 11.4. The molecule has 102 valence electrons. The van der Waals surface area contributed by atoms with Gasteiger partial charge >= 0.3 is 0 Å². The number of aromatic nitrogens is 4. The molecule has 1 aromatic carbocycles. The molecular weight excluding hydrogens is 274 g/mol. The molecule has 0 aliphatic carbocycles. The Balaban J connectivity index is 1.78. The normalized spacial score (nSPS) is 11.0. The summed E-state index contributed by atoms with van der Waals surface area (Å²) in [5, 5.41) is 7.48. The number of benzene rings is 1. The Morgan fingerprint density at radius 1 is 1.40 bits per heavy atom. The number of para-hydroxylation sites is 1. The predicted molar refractivity (Wildman–Crippen MR) is 78.5 cm³/mol. The summed E-state index contributed by atoms with van der Waals surface area (Å²) in [4.78, 5) is 15.3. The van der Waals surface area contributed by atoms with E-state index in [2.05, 4.69) is 15.2 Å². The largest absolute Gasteiger partial charge is 0.361 e.